The first-order chi connectivity index (χ1) is 20.4. The van der Waals surface area contributed by atoms with E-state index in [1.54, 1.807) is 23.0 Å². The Morgan fingerprint density at radius 3 is 2.64 bits per heavy atom. The van der Waals surface area contributed by atoms with Crippen LogP contribution in [0, 0.1) is 11.3 Å². The molecule has 0 radical (unpaired) electrons. The van der Waals surface area contributed by atoms with Crippen LogP contribution in [0.25, 0.3) is 11.3 Å². The van der Waals surface area contributed by atoms with Crippen molar-refractivity contribution in [3.05, 3.63) is 76.6 Å². The number of alkyl halides is 1. The summed E-state index contributed by atoms with van der Waals surface area (Å²) < 4.78 is 29.9. The molecule has 1 aromatic heterocycles. The van der Waals surface area contributed by atoms with E-state index in [9.17, 15) is 18.4 Å². The van der Waals surface area contributed by atoms with Gasteiger partial charge in [0.25, 0.3) is 5.56 Å². The number of carbonyl (C=O) groups is 1. The van der Waals surface area contributed by atoms with E-state index in [1.807, 2.05) is 47.2 Å². The molecule has 2 amide bonds. The molecule has 1 unspecified atom stereocenters. The van der Waals surface area contributed by atoms with Gasteiger partial charge >= 0.3 is 6.03 Å². The second-order valence-electron chi connectivity index (χ2n) is 12.5. The van der Waals surface area contributed by atoms with Gasteiger partial charge in [0, 0.05) is 50.3 Å². The van der Waals surface area contributed by atoms with Crippen LogP contribution in [-0.4, -0.2) is 70.3 Å². The normalized spacial score (nSPS) is 27.6. The molecule has 1 aromatic carbocycles. The highest BCUT2D eigenvalue weighted by atomic mass is 19.2. The first kappa shape index (κ1) is 28.8. The second kappa shape index (κ2) is 12.1. The van der Waals surface area contributed by atoms with Crippen LogP contribution >= 0.6 is 0 Å². The van der Waals surface area contributed by atoms with Crippen molar-refractivity contribution < 1.29 is 13.6 Å². The molecule has 1 saturated carbocycles. The van der Waals surface area contributed by atoms with Crippen molar-refractivity contribution in [1.29, 1.82) is 0 Å². The number of amides is 2. The third-order valence-corrected chi connectivity index (χ3v) is 10.2. The van der Waals surface area contributed by atoms with Crippen molar-refractivity contribution in [2.45, 2.75) is 76.2 Å². The van der Waals surface area contributed by atoms with E-state index >= 15 is 0 Å². The lowest BCUT2D eigenvalue weighted by molar-refractivity contribution is 0.0233. The Balaban J connectivity index is 1.19. The number of carbonyl (C=O) groups excluding carboxylic acids is 1. The van der Waals surface area contributed by atoms with Crippen LogP contribution in [0.15, 0.2) is 71.1 Å². The second-order valence-corrected chi connectivity index (χ2v) is 12.5. The molecule has 42 heavy (non-hydrogen) atoms. The number of urea groups is 1. The molecule has 2 aromatic rings. The molecule has 1 N–H and O–H groups in total. The number of halogens is 2. The minimum Gasteiger partial charge on any atom is -0.324 e. The SMILES string of the molecule is CN[C@@H]1CCN(C(=O)N2CC[C@@H](Cn3cnc(-c4ccccc4)cc3=O)C3(CCCC3)C2)[C@H](C2=CCC(F)C(F)=C2)C1. The number of benzene rings is 1. The lowest BCUT2D eigenvalue weighted by atomic mass is 9.69. The van der Waals surface area contributed by atoms with Crippen LogP contribution in [0.3, 0.4) is 0 Å². The van der Waals surface area contributed by atoms with Gasteiger partial charge in [-0.25, -0.2) is 18.6 Å². The van der Waals surface area contributed by atoms with Gasteiger partial charge in [-0.3, -0.25) is 9.36 Å². The molecule has 9 heteroatoms. The first-order valence-electron chi connectivity index (χ1n) is 15.4. The van der Waals surface area contributed by atoms with Crippen molar-refractivity contribution in [2.24, 2.45) is 11.3 Å². The minimum absolute atomic E-state index is 0.00940. The fourth-order valence-corrected chi connectivity index (χ4v) is 7.71. The van der Waals surface area contributed by atoms with E-state index in [4.69, 9.17) is 0 Å². The Labute approximate surface area is 246 Å². The zero-order valence-electron chi connectivity index (χ0n) is 24.4. The molecule has 2 aliphatic carbocycles. The summed E-state index contributed by atoms with van der Waals surface area (Å²) in [4.78, 5) is 35.7. The van der Waals surface area contributed by atoms with Gasteiger partial charge in [0.05, 0.1) is 18.1 Å². The molecule has 3 fully saturated rings. The zero-order valence-corrected chi connectivity index (χ0v) is 24.4. The van der Waals surface area contributed by atoms with Gasteiger partial charge in [0.1, 0.15) is 5.83 Å². The lowest BCUT2D eigenvalue weighted by Gasteiger charge is -2.49. The number of nitrogens with one attached hydrogen (secondary N) is 1. The standard InChI is InChI=1S/C33H41F2N5O2/c1-36-26-12-16-40(30(18-26)24-9-10-27(34)28(35)17-24)32(42)38-15-11-25(33(21-38)13-5-6-14-33)20-39-22-37-29(19-31(39)41)23-7-3-2-4-8-23/h2-4,7-9,17,19,22,25-27,30,36H,5-6,10-16,18,20-21H2,1H3/t25-,26+,27?,30-/m0/s1. The van der Waals surface area contributed by atoms with Gasteiger partial charge in [-0.05, 0) is 62.1 Å². The molecule has 4 aliphatic rings. The number of hydrogen-bond donors (Lipinski definition) is 1. The minimum atomic E-state index is -1.60. The number of rotatable bonds is 5. The molecule has 4 atom stereocenters. The third-order valence-electron chi connectivity index (χ3n) is 10.2. The highest BCUT2D eigenvalue weighted by Gasteiger charge is 2.48. The Morgan fingerprint density at radius 2 is 1.93 bits per heavy atom. The Kier molecular flexibility index (Phi) is 8.30. The smallest absolute Gasteiger partial charge is 0.320 e. The van der Waals surface area contributed by atoms with E-state index in [1.165, 1.54) is 6.08 Å². The summed E-state index contributed by atoms with van der Waals surface area (Å²) >= 11 is 0. The molecule has 224 valence electrons. The average molecular weight is 578 g/mol. The van der Waals surface area contributed by atoms with E-state index in [0.29, 0.717) is 43.9 Å². The van der Waals surface area contributed by atoms with Crippen LogP contribution in [0.5, 0.6) is 0 Å². The number of aromatic nitrogens is 2. The molecular weight excluding hydrogens is 536 g/mol. The van der Waals surface area contributed by atoms with Crippen molar-refractivity contribution in [3.63, 3.8) is 0 Å². The molecule has 2 aliphatic heterocycles. The number of likely N-dealkylation sites (tertiary alicyclic amines) is 2. The highest BCUT2D eigenvalue weighted by Crippen LogP contribution is 2.49. The predicted octanol–water partition coefficient (Wildman–Crippen LogP) is 5.49. The lowest BCUT2D eigenvalue weighted by Crippen LogP contribution is -2.59. The summed E-state index contributed by atoms with van der Waals surface area (Å²) in [7, 11) is 1.91. The van der Waals surface area contributed by atoms with Crippen molar-refractivity contribution in [2.75, 3.05) is 26.7 Å². The van der Waals surface area contributed by atoms with Crippen molar-refractivity contribution in [1.82, 2.24) is 24.7 Å². The van der Waals surface area contributed by atoms with Crippen LogP contribution in [0.2, 0.25) is 0 Å². The Morgan fingerprint density at radius 1 is 1.14 bits per heavy atom. The number of hydrogen-bond acceptors (Lipinski definition) is 4. The summed E-state index contributed by atoms with van der Waals surface area (Å²) in [6.45, 7) is 2.45. The third kappa shape index (κ3) is 5.68. The molecule has 2 saturated heterocycles. The van der Waals surface area contributed by atoms with E-state index in [0.717, 1.165) is 44.1 Å². The summed E-state index contributed by atoms with van der Waals surface area (Å²) in [5.41, 5.74) is 2.20. The van der Waals surface area contributed by atoms with Crippen molar-refractivity contribution in [3.8, 4) is 11.3 Å². The summed E-state index contributed by atoms with van der Waals surface area (Å²) in [6, 6.07) is 11.3. The maximum Gasteiger partial charge on any atom is 0.320 e. The molecule has 6 rings (SSSR count). The summed E-state index contributed by atoms with van der Waals surface area (Å²) in [5, 5.41) is 3.32. The monoisotopic (exact) mass is 577 g/mol. The van der Waals surface area contributed by atoms with Crippen LogP contribution in [0.4, 0.5) is 13.6 Å². The average Bonchev–Trinajstić information content (AvgIpc) is 3.48. The van der Waals surface area contributed by atoms with E-state index in [2.05, 4.69) is 10.3 Å². The van der Waals surface area contributed by atoms with E-state index in [-0.39, 0.29) is 41.4 Å². The quantitative estimate of drug-likeness (QED) is 0.511. The fraction of sp³-hybridized carbons (Fsp3) is 0.545. The van der Waals surface area contributed by atoms with Crippen molar-refractivity contribution >= 4 is 6.03 Å². The fourth-order valence-electron chi connectivity index (χ4n) is 7.71. The van der Waals surface area contributed by atoms with Crippen LogP contribution in [0.1, 0.15) is 51.4 Å². The van der Waals surface area contributed by atoms with Gasteiger partial charge in [-0.15, -0.1) is 0 Å². The molecular formula is C33H41F2N5O2. The van der Waals surface area contributed by atoms with Gasteiger partial charge in [-0.2, -0.15) is 0 Å². The molecule has 0 bridgehead atoms. The van der Waals surface area contributed by atoms with Crippen LogP contribution in [-0.2, 0) is 6.54 Å². The van der Waals surface area contributed by atoms with Gasteiger partial charge < -0.3 is 15.1 Å². The number of nitrogens with zero attached hydrogens (tertiary/aromatic N) is 4. The topological polar surface area (TPSA) is 70.5 Å². The van der Waals surface area contributed by atoms with Gasteiger partial charge in [-0.1, -0.05) is 49.2 Å². The Bertz CT molecular complexity index is 1400. The number of piperidine rings is 2. The summed E-state index contributed by atoms with van der Waals surface area (Å²) in [6.07, 6.45) is 9.77. The highest BCUT2D eigenvalue weighted by molar-refractivity contribution is 5.76. The molecule has 7 nitrogen and oxygen atoms in total. The largest absolute Gasteiger partial charge is 0.324 e. The predicted molar refractivity (Wildman–Crippen MR) is 159 cm³/mol. The molecule has 1 spiro atoms. The maximum absolute atomic E-state index is 14.3. The first-order valence-corrected chi connectivity index (χ1v) is 15.4. The molecule has 3 heterocycles. The van der Waals surface area contributed by atoms with Crippen LogP contribution < -0.4 is 10.9 Å². The van der Waals surface area contributed by atoms with Gasteiger partial charge in [0.15, 0.2) is 6.17 Å². The van der Waals surface area contributed by atoms with Gasteiger partial charge in [0.2, 0.25) is 0 Å². The number of allylic oxidation sites excluding steroid dienone is 2. The maximum atomic E-state index is 14.3. The summed E-state index contributed by atoms with van der Waals surface area (Å²) in [5.74, 6) is -0.477. The zero-order chi connectivity index (χ0) is 29.3. The van der Waals surface area contributed by atoms with E-state index < -0.39 is 12.0 Å². The Hall–Kier alpha value is -3.33.